The van der Waals surface area contributed by atoms with Crippen LogP contribution in [0.25, 0.3) is 10.9 Å². The number of halogens is 3. The maximum absolute atomic E-state index is 12.9. The van der Waals surface area contributed by atoms with Crippen LogP contribution < -0.4 is 10.1 Å². The summed E-state index contributed by atoms with van der Waals surface area (Å²) in [6.45, 7) is 4.25. The Balaban J connectivity index is 1.65. The van der Waals surface area contributed by atoms with E-state index in [4.69, 9.17) is 9.84 Å². The molecule has 0 saturated heterocycles. The minimum Gasteiger partial charge on any atom is -0.494 e. The summed E-state index contributed by atoms with van der Waals surface area (Å²) in [6, 6.07) is 7.04. The summed E-state index contributed by atoms with van der Waals surface area (Å²) in [5.74, 6) is 0.350. The van der Waals surface area contributed by atoms with Gasteiger partial charge in [0.2, 0.25) is 0 Å². The fraction of sp³-hybridized carbons (Fsp3) is 0.435. The number of carbonyl (C=O) groups is 1. The topological polar surface area (TPSA) is 69.0 Å². The highest BCUT2D eigenvalue weighted by Gasteiger charge is 2.33. The summed E-state index contributed by atoms with van der Waals surface area (Å²) in [4.78, 5) is 16.1. The monoisotopic (exact) mass is 446 g/mol. The number of fused-ring (bicyclic) bond motifs is 1. The van der Waals surface area contributed by atoms with Crippen LogP contribution in [0.15, 0.2) is 30.3 Å². The second-order valence-corrected chi connectivity index (χ2v) is 8.37. The highest BCUT2D eigenvalue weighted by molar-refractivity contribution is 6.05. The predicted molar refractivity (Wildman–Crippen MR) is 115 cm³/mol. The van der Waals surface area contributed by atoms with Crippen LogP contribution in [0.5, 0.6) is 5.75 Å². The van der Waals surface area contributed by atoms with Crippen LogP contribution in [-0.4, -0.2) is 27.8 Å². The molecule has 1 aliphatic rings. The number of aromatic nitrogens is 3. The van der Waals surface area contributed by atoms with Crippen molar-refractivity contribution >= 4 is 22.5 Å². The molecule has 1 aliphatic carbocycles. The Kier molecular flexibility index (Phi) is 5.83. The number of hydrogen-bond donors (Lipinski definition) is 1. The van der Waals surface area contributed by atoms with Crippen molar-refractivity contribution < 1.29 is 22.7 Å². The molecule has 2 aromatic heterocycles. The van der Waals surface area contributed by atoms with E-state index in [1.54, 1.807) is 12.1 Å². The average Bonchev–Trinajstić information content (AvgIpc) is 3.08. The minimum atomic E-state index is -4.63. The number of anilines is 1. The summed E-state index contributed by atoms with van der Waals surface area (Å²) < 4.78 is 46.3. The fourth-order valence-corrected chi connectivity index (χ4v) is 4.27. The zero-order valence-electron chi connectivity index (χ0n) is 18.2. The number of rotatable bonds is 4. The molecule has 3 aromatic rings. The lowest BCUT2D eigenvalue weighted by Gasteiger charge is -2.27. The Morgan fingerprint density at radius 1 is 1.19 bits per heavy atom. The summed E-state index contributed by atoms with van der Waals surface area (Å²) in [5, 5.41) is 8.27. The number of alkyl halides is 3. The molecule has 1 fully saturated rings. The number of nitrogens with one attached hydrogen (secondary N) is 1. The molecule has 4 rings (SSSR count). The highest BCUT2D eigenvalue weighted by atomic mass is 19.4. The number of nitrogens with zero attached hydrogens (tertiary/aromatic N) is 3. The molecule has 0 radical (unpaired) electrons. The SMILES string of the molecule is COc1cc2nn([C@H]3CC[C@H](C)CC3)c(C)c2cc1NC(=O)c1cccc(C(F)(F)F)n1. The summed E-state index contributed by atoms with van der Waals surface area (Å²) in [7, 11) is 1.46. The van der Waals surface area contributed by atoms with Crippen molar-refractivity contribution in [2.24, 2.45) is 5.92 Å². The Labute approximate surface area is 183 Å². The summed E-state index contributed by atoms with van der Waals surface area (Å²) in [6.07, 6.45) is -0.171. The summed E-state index contributed by atoms with van der Waals surface area (Å²) in [5.41, 5.74) is 0.629. The molecule has 0 aliphatic heterocycles. The van der Waals surface area contributed by atoms with Gasteiger partial charge < -0.3 is 10.1 Å². The molecular formula is C23H25F3N4O2. The predicted octanol–water partition coefficient (Wildman–Crippen LogP) is 5.77. The van der Waals surface area contributed by atoms with Gasteiger partial charge in [0.25, 0.3) is 5.91 Å². The van der Waals surface area contributed by atoms with Crippen molar-refractivity contribution in [2.45, 2.75) is 51.7 Å². The Hall–Kier alpha value is -3.10. The second-order valence-electron chi connectivity index (χ2n) is 8.37. The van der Waals surface area contributed by atoms with E-state index in [-0.39, 0.29) is 5.69 Å². The molecule has 0 spiro atoms. The molecule has 6 nitrogen and oxygen atoms in total. The van der Waals surface area contributed by atoms with E-state index in [1.165, 1.54) is 13.2 Å². The lowest BCUT2D eigenvalue weighted by atomic mass is 9.87. The first-order valence-electron chi connectivity index (χ1n) is 10.6. The zero-order valence-corrected chi connectivity index (χ0v) is 18.2. The first-order chi connectivity index (χ1) is 15.2. The van der Waals surface area contributed by atoms with Gasteiger partial charge in [0.1, 0.15) is 17.1 Å². The van der Waals surface area contributed by atoms with Crippen LogP contribution in [-0.2, 0) is 6.18 Å². The lowest BCUT2D eigenvalue weighted by molar-refractivity contribution is -0.141. The van der Waals surface area contributed by atoms with Gasteiger partial charge in [0, 0.05) is 17.1 Å². The van der Waals surface area contributed by atoms with Gasteiger partial charge in [-0.3, -0.25) is 9.48 Å². The minimum absolute atomic E-state index is 0.328. The number of hydrogen-bond acceptors (Lipinski definition) is 4. The smallest absolute Gasteiger partial charge is 0.433 e. The van der Waals surface area contributed by atoms with Crippen molar-refractivity contribution in [3.63, 3.8) is 0 Å². The zero-order chi connectivity index (χ0) is 23.0. The molecule has 2 heterocycles. The number of pyridine rings is 1. The van der Waals surface area contributed by atoms with Gasteiger partial charge in [-0.25, -0.2) is 4.98 Å². The largest absolute Gasteiger partial charge is 0.494 e. The van der Waals surface area contributed by atoms with E-state index in [2.05, 4.69) is 21.9 Å². The molecule has 0 atom stereocenters. The number of aryl methyl sites for hydroxylation is 1. The van der Waals surface area contributed by atoms with Gasteiger partial charge in [-0.1, -0.05) is 13.0 Å². The third-order valence-corrected chi connectivity index (χ3v) is 6.12. The quantitative estimate of drug-likeness (QED) is 0.552. The third-order valence-electron chi connectivity index (χ3n) is 6.12. The molecule has 0 bridgehead atoms. The maximum atomic E-state index is 12.9. The molecular weight excluding hydrogens is 421 g/mol. The Bertz CT molecular complexity index is 1150. The Morgan fingerprint density at radius 3 is 2.56 bits per heavy atom. The van der Waals surface area contributed by atoms with E-state index < -0.39 is 17.8 Å². The van der Waals surface area contributed by atoms with Crippen LogP contribution in [0.1, 0.15) is 60.5 Å². The van der Waals surface area contributed by atoms with E-state index in [9.17, 15) is 18.0 Å². The van der Waals surface area contributed by atoms with Crippen molar-refractivity contribution in [3.8, 4) is 5.75 Å². The van der Waals surface area contributed by atoms with Crippen LogP contribution in [0.4, 0.5) is 18.9 Å². The molecule has 1 saturated carbocycles. The fourth-order valence-electron chi connectivity index (χ4n) is 4.27. The first-order valence-corrected chi connectivity index (χ1v) is 10.6. The molecule has 9 heteroatoms. The third kappa shape index (κ3) is 4.28. The van der Waals surface area contributed by atoms with Gasteiger partial charge in [-0.15, -0.1) is 0 Å². The van der Waals surface area contributed by atoms with E-state index >= 15 is 0 Å². The number of carbonyl (C=O) groups excluding carboxylic acids is 1. The van der Waals surface area contributed by atoms with Crippen molar-refractivity contribution in [1.82, 2.24) is 14.8 Å². The molecule has 170 valence electrons. The standard InChI is InChI=1S/C23H25F3N4O2/c1-13-7-9-15(10-8-13)30-14(2)16-11-19(20(32-3)12-18(16)29-30)28-22(31)17-5-4-6-21(27-17)23(24,25)26/h4-6,11-13,15H,7-10H2,1-3H3,(H,28,31)/t13-,15-. The number of ether oxygens (including phenoxy) is 1. The highest BCUT2D eigenvalue weighted by Crippen LogP contribution is 2.37. The Morgan fingerprint density at radius 2 is 1.91 bits per heavy atom. The van der Waals surface area contributed by atoms with E-state index in [1.807, 2.05) is 6.92 Å². The molecule has 1 N–H and O–H groups in total. The maximum Gasteiger partial charge on any atom is 0.433 e. The second kappa shape index (κ2) is 8.44. The lowest BCUT2D eigenvalue weighted by Crippen LogP contribution is -2.18. The van der Waals surface area contributed by atoms with E-state index in [0.717, 1.165) is 60.3 Å². The molecule has 1 aromatic carbocycles. The molecule has 0 unspecified atom stereocenters. The summed E-state index contributed by atoms with van der Waals surface area (Å²) >= 11 is 0. The van der Waals surface area contributed by atoms with Crippen molar-refractivity contribution in [3.05, 3.63) is 47.4 Å². The van der Waals surface area contributed by atoms with Gasteiger partial charge in [-0.2, -0.15) is 18.3 Å². The van der Waals surface area contributed by atoms with Gasteiger partial charge >= 0.3 is 6.18 Å². The van der Waals surface area contributed by atoms with Crippen LogP contribution in [0.3, 0.4) is 0 Å². The van der Waals surface area contributed by atoms with Gasteiger partial charge in [0.15, 0.2) is 0 Å². The van der Waals surface area contributed by atoms with Crippen molar-refractivity contribution in [2.75, 3.05) is 12.4 Å². The first kappa shape index (κ1) is 22.1. The molecule has 32 heavy (non-hydrogen) atoms. The number of amides is 1. The van der Waals surface area contributed by atoms with Crippen LogP contribution in [0, 0.1) is 12.8 Å². The van der Waals surface area contributed by atoms with Crippen LogP contribution in [0.2, 0.25) is 0 Å². The van der Waals surface area contributed by atoms with Gasteiger partial charge in [-0.05, 0) is 56.7 Å². The van der Waals surface area contributed by atoms with Crippen LogP contribution >= 0.6 is 0 Å². The normalized spacial score (nSPS) is 19.2. The number of methoxy groups -OCH3 is 1. The van der Waals surface area contributed by atoms with Crippen molar-refractivity contribution in [1.29, 1.82) is 0 Å². The van der Waals surface area contributed by atoms with E-state index in [0.29, 0.717) is 17.5 Å². The van der Waals surface area contributed by atoms with Gasteiger partial charge in [0.05, 0.1) is 24.4 Å². The number of benzene rings is 1. The molecule has 1 amide bonds. The average molecular weight is 446 g/mol.